The first-order chi connectivity index (χ1) is 17.6. The summed E-state index contributed by atoms with van der Waals surface area (Å²) < 4.78 is 7.60. The Bertz CT molecular complexity index is 1300. The predicted octanol–water partition coefficient (Wildman–Crippen LogP) is 5.88. The number of halogens is 1. The zero-order chi connectivity index (χ0) is 24.9. The van der Waals surface area contributed by atoms with Crippen LogP contribution >= 0.6 is 11.6 Å². The van der Waals surface area contributed by atoms with Crippen molar-refractivity contribution in [2.24, 2.45) is 0 Å². The normalized spacial score (nSPS) is 15.0. The van der Waals surface area contributed by atoms with Crippen molar-refractivity contribution in [1.29, 1.82) is 0 Å². The Morgan fingerprint density at radius 3 is 2.36 bits per heavy atom. The third kappa shape index (κ3) is 5.56. The van der Waals surface area contributed by atoms with Gasteiger partial charge in [0.1, 0.15) is 0 Å². The lowest BCUT2D eigenvalue weighted by atomic mass is 10.1. The molecule has 0 N–H and O–H groups in total. The van der Waals surface area contributed by atoms with Gasteiger partial charge in [-0.3, -0.25) is 9.80 Å². The van der Waals surface area contributed by atoms with Crippen molar-refractivity contribution in [2.75, 3.05) is 33.3 Å². The first-order valence-electron chi connectivity index (χ1n) is 12.8. The van der Waals surface area contributed by atoms with Crippen LogP contribution in [0.2, 0.25) is 5.02 Å². The maximum absolute atomic E-state index is 6.38. The number of hydrogen-bond acceptors (Lipinski definition) is 5. The summed E-state index contributed by atoms with van der Waals surface area (Å²) in [6.07, 6.45) is 7.99. The van der Waals surface area contributed by atoms with Gasteiger partial charge in [-0.05, 0) is 35.7 Å². The van der Waals surface area contributed by atoms with E-state index in [4.69, 9.17) is 16.3 Å². The number of unbranched alkanes of at least 4 members (excludes halogenated alkanes) is 1. The van der Waals surface area contributed by atoms with E-state index >= 15 is 0 Å². The maximum atomic E-state index is 6.38. The zero-order valence-electron chi connectivity index (χ0n) is 21.2. The summed E-state index contributed by atoms with van der Waals surface area (Å²) in [6, 6.07) is 15.0. The molecule has 5 rings (SSSR count). The average Bonchev–Trinajstić information content (AvgIpc) is 3.27. The van der Waals surface area contributed by atoms with Gasteiger partial charge in [-0.25, -0.2) is 9.97 Å². The fourth-order valence-electron chi connectivity index (χ4n) is 4.93. The molecule has 0 saturated carbocycles. The number of nitrogens with zero attached hydrogens (tertiary/aromatic N) is 5. The van der Waals surface area contributed by atoms with E-state index in [1.54, 1.807) is 19.5 Å². The van der Waals surface area contributed by atoms with Crippen LogP contribution in [-0.2, 0) is 19.6 Å². The molecule has 1 fully saturated rings. The average molecular weight is 504 g/mol. The van der Waals surface area contributed by atoms with Gasteiger partial charge in [0.05, 0.1) is 19.5 Å². The van der Waals surface area contributed by atoms with E-state index in [9.17, 15) is 0 Å². The molecule has 1 saturated heterocycles. The number of aromatic nitrogens is 3. The second-order valence-electron chi connectivity index (χ2n) is 9.53. The number of methoxy groups -OCH3 is 1. The molecule has 2 aromatic heterocycles. The van der Waals surface area contributed by atoms with Crippen molar-refractivity contribution in [3.63, 3.8) is 0 Å². The van der Waals surface area contributed by atoms with E-state index in [2.05, 4.69) is 67.8 Å². The van der Waals surface area contributed by atoms with Crippen molar-refractivity contribution in [3.8, 4) is 17.1 Å². The van der Waals surface area contributed by atoms with Gasteiger partial charge in [-0.15, -0.1) is 0 Å². The molecule has 188 valence electrons. The van der Waals surface area contributed by atoms with E-state index in [0.717, 1.165) is 75.1 Å². The molecule has 2 aromatic carbocycles. The molecule has 0 spiro atoms. The number of benzene rings is 2. The number of hydrogen-bond donors (Lipinski definition) is 0. The highest BCUT2D eigenvalue weighted by molar-refractivity contribution is 6.31. The molecule has 36 heavy (non-hydrogen) atoms. The first kappa shape index (κ1) is 24.8. The minimum absolute atomic E-state index is 0.669. The van der Waals surface area contributed by atoms with Crippen molar-refractivity contribution >= 4 is 22.5 Å². The topological polar surface area (TPSA) is 46.4 Å². The van der Waals surface area contributed by atoms with Crippen molar-refractivity contribution in [2.45, 2.75) is 39.4 Å². The van der Waals surface area contributed by atoms with Crippen molar-refractivity contribution in [1.82, 2.24) is 24.3 Å². The molecule has 0 unspecified atom stereocenters. The molecule has 4 aromatic rings. The van der Waals surface area contributed by atoms with Crippen LogP contribution in [0.5, 0.6) is 5.75 Å². The molecule has 6 nitrogen and oxygen atoms in total. The molecule has 3 heterocycles. The summed E-state index contributed by atoms with van der Waals surface area (Å²) in [7, 11) is 1.64. The Hall–Kier alpha value is -2.93. The second-order valence-corrected chi connectivity index (χ2v) is 9.94. The molecular weight excluding hydrogens is 470 g/mol. The number of fused-ring (bicyclic) bond motifs is 1. The lowest BCUT2D eigenvalue weighted by Crippen LogP contribution is -2.45. The minimum atomic E-state index is 0.669. The van der Waals surface area contributed by atoms with Gasteiger partial charge in [-0.1, -0.05) is 49.2 Å². The molecule has 1 aliphatic heterocycles. The van der Waals surface area contributed by atoms with Gasteiger partial charge in [0, 0.05) is 73.5 Å². The molecule has 0 aliphatic carbocycles. The summed E-state index contributed by atoms with van der Waals surface area (Å²) >= 11 is 6.38. The van der Waals surface area contributed by atoms with Crippen LogP contribution < -0.4 is 4.74 Å². The number of ether oxygens (including phenoxy) is 1. The van der Waals surface area contributed by atoms with E-state index < -0.39 is 0 Å². The minimum Gasteiger partial charge on any atom is -0.494 e. The molecular formula is C29H34ClN5O. The SMILES string of the molecule is CCCCn1cc(-c2ncc(OC)cn2)c2cc(CN3CCN(Cc4ccccc4Cl)CC3)ccc21. The van der Waals surface area contributed by atoms with Crippen molar-refractivity contribution in [3.05, 3.63) is 77.2 Å². The van der Waals surface area contributed by atoms with Crippen molar-refractivity contribution < 1.29 is 4.74 Å². The Balaban J connectivity index is 1.32. The van der Waals surface area contributed by atoms with Crippen LogP contribution in [0.25, 0.3) is 22.3 Å². The Morgan fingerprint density at radius 1 is 0.944 bits per heavy atom. The molecule has 0 radical (unpaired) electrons. The fraction of sp³-hybridized carbons (Fsp3) is 0.379. The highest BCUT2D eigenvalue weighted by Crippen LogP contribution is 2.31. The molecule has 0 amide bonds. The molecule has 7 heteroatoms. The van der Waals surface area contributed by atoms with Crippen LogP contribution in [-0.4, -0.2) is 57.6 Å². The third-order valence-corrected chi connectivity index (χ3v) is 7.39. The molecule has 1 aliphatic rings. The van der Waals surface area contributed by atoms with Gasteiger partial charge in [0.2, 0.25) is 0 Å². The maximum Gasteiger partial charge on any atom is 0.161 e. The predicted molar refractivity (Wildman–Crippen MR) is 146 cm³/mol. The Kier molecular flexibility index (Phi) is 7.85. The monoisotopic (exact) mass is 503 g/mol. The van der Waals surface area contributed by atoms with E-state index in [1.165, 1.54) is 22.0 Å². The fourth-order valence-corrected chi connectivity index (χ4v) is 5.12. The quantitative estimate of drug-likeness (QED) is 0.285. The van der Waals surface area contributed by atoms with Crippen LogP contribution in [0.1, 0.15) is 30.9 Å². The molecule has 0 atom stereocenters. The third-order valence-electron chi connectivity index (χ3n) is 7.03. The summed E-state index contributed by atoms with van der Waals surface area (Å²) in [5.74, 6) is 1.41. The van der Waals surface area contributed by atoms with Gasteiger partial charge in [-0.2, -0.15) is 0 Å². The zero-order valence-corrected chi connectivity index (χ0v) is 21.9. The van der Waals surface area contributed by atoms with Crippen LogP contribution in [0.3, 0.4) is 0 Å². The number of rotatable bonds is 9. The highest BCUT2D eigenvalue weighted by Gasteiger charge is 2.19. The summed E-state index contributed by atoms with van der Waals surface area (Å²) in [4.78, 5) is 14.2. The molecule has 0 bridgehead atoms. The number of piperazine rings is 1. The van der Waals surface area contributed by atoms with Crippen LogP contribution in [0.15, 0.2) is 61.1 Å². The lowest BCUT2D eigenvalue weighted by molar-refractivity contribution is 0.122. The standard InChI is InChI=1S/C29H34ClN5O/c1-3-4-11-35-21-26(29-31-17-24(36-2)18-32-29)25-16-22(9-10-28(25)35)19-33-12-14-34(15-13-33)20-23-7-5-6-8-27(23)30/h5-10,16-18,21H,3-4,11-15,19-20H2,1-2H3. The second kappa shape index (κ2) is 11.4. The van der Waals surface area contributed by atoms with Gasteiger partial charge >= 0.3 is 0 Å². The van der Waals surface area contributed by atoms with Gasteiger partial charge < -0.3 is 9.30 Å². The highest BCUT2D eigenvalue weighted by atomic mass is 35.5. The summed E-state index contributed by atoms with van der Waals surface area (Å²) in [5, 5.41) is 2.07. The van der Waals surface area contributed by atoms with E-state index in [1.807, 2.05) is 12.1 Å². The summed E-state index contributed by atoms with van der Waals surface area (Å²) in [6.45, 7) is 9.27. The Morgan fingerprint density at radius 2 is 1.67 bits per heavy atom. The van der Waals surface area contributed by atoms with E-state index in [-0.39, 0.29) is 0 Å². The van der Waals surface area contributed by atoms with Crippen LogP contribution in [0.4, 0.5) is 0 Å². The first-order valence-corrected chi connectivity index (χ1v) is 13.2. The largest absolute Gasteiger partial charge is 0.494 e. The van der Waals surface area contributed by atoms with Gasteiger partial charge in [0.15, 0.2) is 11.6 Å². The lowest BCUT2D eigenvalue weighted by Gasteiger charge is -2.35. The number of aryl methyl sites for hydroxylation is 1. The van der Waals surface area contributed by atoms with Crippen LogP contribution in [0, 0.1) is 0 Å². The summed E-state index contributed by atoms with van der Waals surface area (Å²) in [5.41, 5.74) is 4.85. The smallest absolute Gasteiger partial charge is 0.161 e. The van der Waals surface area contributed by atoms with E-state index in [0.29, 0.717) is 5.75 Å². The Labute approximate surface area is 218 Å². The van der Waals surface area contributed by atoms with Gasteiger partial charge in [0.25, 0.3) is 0 Å².